The maximum absolute atomic E-state index is 12.6. The number of aliphatic carboxylic acids is 1. The summed E-state index contributed by atoms with van der Waals surface area (Å²) >= 11 is 7.72. The fourth-order valence-electron chi connectivity index (χ4n) is 5.49. The quantitative estimate of drug-likeness (QED) is 0.277. The van der Waals surface area contributed by atoms with Crippen molar-refractivity contribution in [2.45, 2.75) is 45.4 Å². The van der Waals surface area contributed by atoms with E-state index in [0.29, 0.717) is 22.6 Å². The standard InChI is InChI=1S/C31H34ClN5O4S/c1-18-15-23-27(25(19-5-7-20(32)8-6-19)24(18)26(29(38)39)41-31(2,3)4)42-28(34-23)22-9-10-33-30(35-22)37-13-11-36(12-14-37)21-16-40-17-21/h5-10,15,21,26H,11-14,16-17H2,1-4H3,(H,38,39). The molecule has 1 N–H and O–H groups in total. The van der Waals surface area contributed by atoms with Gasteiger partial charge in [-0.25, -0.2) is 19.7 Å². The number of carboxylic acids is 1. The summed E-state index contributed by atoms with van der Waals surface area (Å²) in [6, 6.07) is 11.8. The number of hydrogen-bond donors (Lipinski definition) is 1. The van der Waals surface area contributed by atoms with Crippen molar-refractivity contribution in [2.24, 2.45) is 0 Å². The van der Waals surface area contributed by atoms with Crippen molar-refractivity contribution < 1.29 is 19.4 Å². The van der Waals surface area contributed by atoms with Gasteiger partial charge in [-0.1, -0.05) is 23.7 Å². The van der Waals surface area contributed by atoms with Crippen molar-refractivity contribution in [2.75, 3.05) is 44.3 Å². The van der Waals surface area contributed by atoms with Crippen LogP contribution in [0.3, 0.4) is 0 Å². The van der Waals surface area contributed by atoms with Crippen LogP contribution in [0, 0.1) is 6.92 Å². The third kappa shape index (κ3) is 5.87. The van der Waals surface area contributed by atoms with E-state index in [9.17, 15) is 9.90 Å². The number of benzene rings is 2. The summed E-state index contributed by atoms with van der Waals surface area (Å²) in [6.07, 6.45) is 0.617. The molecule has 11 heteroatoms. The van der Waals surface area contributed by atoms with E-state index in [4.69, 9.17) is 31.0 Å². The third-order valence-electron chi connectivity index (χ3n) is 7.61. The summed E-state index contributed by atoms with van der Waals surface area (Å²) in [5, 5.41) is 11.7. The number of thiazole rings is 1. The van der Waals surface area contributed by atoms with Crippen LogP contribution < -0.4 is 4.90 Å². The van der Waals surface area contributed by atoms with Crippen molar-refractivity contribution in [3.63, 3.8) is 0 Å². The molecule has 2 aliphatic rings. The van der Waals surface area contributed by atoms with Crippen LogP contribution in [0.5, 0.6) is 0 Å². The minimum Gasteiger partial charge on any atom is -0.479 e. The number of piperazine rings is 1. The highest BCUT2D eigenvalue weighted by Crippen LogP contribution is 2.44. The zero-order valence-electron chi connectivity index (χ0n) is 24.1. The largest absolute Gasteiger partial charge is 0.479 e. The molecule has 4 heterocycles. The summed E-state index contributed by atoms with van der Waals surface area (Å²) < 4.78 is 12.4. The van der Waals surface area contributed by atoms with E-state index in [-0.39, 0.29) is 0 Å². The van der Waals surface area contributed by atoms with E-state index in [2.05, 4.69) is 14.8 Å². The molecule has 0 amide bonds. The molecule has 0 radical (unpaired) electrons. The van der Waals surface area contributed by atoms with Gasteiger partial charge in [0.25, 0.3) is 0 Å². The Morgan fingerprint density at radius 3 is 2.45 bits per heavy atom. The third-order valence-corrected chi connectivity index (χ3v) is 8.98. The molecule has 2 aliphatic heterocycles. The summed E-state index contributed by atoms with van der Waals surface area (Å²) in [5.74, 6) is -0.353. The number of carbonyl (C=O) groups is 1. The van der Waals surface area contributed by atoms with E-state index in [1.54, 1.807) is 6.20 Å². The summed E-state index contributed by atoms with van der Waals surface area (Å²) in [4.78, 5) is 31.8. The van der Waals surface area contributed by atoms with E-state index in [1.807, 2.05) is 64.1 Å². The number of ether oxygens (including phenoxy) is 2. The molecule has 4 aromatic rings. The molecule has 6 rings (SSSR count). The van der Waals surface area contributed by atoms with Crippen molar-refractivity contribution in [1.29, 1.82) is 0 Å². The van der Waals surface area contributed by atoms with Crippen LogP contribution in [-0.4, -0.2) is 82.0 Å². The molecule has 220 valence electrons. The number of aryl methyl sites for hydroxylation is 1. The van der Waals surface area contributed by atoms with Gasteiger partial charge in [0.1, 0.15) is 10.7 Å². The first-order valence-electron chi connectivity index (χ1n) is 14.1. The van der Waals surface area contributed by atoms with Gasteiger partial charge in [0.2, 0.25) is 5.95 Å². The Hall–Kier alpha value is -3.15. The van der Waals surface area contributed by atoms with E-state index >= 15 is 0 Å². The Morgan fingerprint density at radius 1 is 1.12 bits per heavy atom. The van der Waals surface area contributed by atoms with Crippen LogP contribution >= 0.6 is 22.9 Å². The summed E-state index contributed by atoms with van der Waals surface area (Å²) in [5.41, 5.74) is 3.87. The van der Waals surface area contributed by atoms with Gasteiger partial charge in [-0.05, 0) is 63.1 Å². The first-order chi connectivity index (χ1) is 20.1. The maximum atomic E-state index is 12.6. The SMILES string of the molecule is Cc1cc2nc(-c3ccnc(N4CCN(C5COC5)CC4)n3)sc2c(-c2ccc(Cl)cc2)c1C(OC(C)(C)C)C(=O)O. The second-order valence-corrected chi connectivity index (χ2v) is 13.2. The Labute approximate surface area is 254 Å². The number of rotatable bonds is 7. The first kappa shape index (κ1) is 28.9. The zero-order valence-corrected chi connectivity index (χ0v) is 25.7. The van der Waals surface area contributed by atoms with Crippen molar-refractivity contribution in [3.8, 4) is 21.8 Å². The lowest BCUT2D eigenvalue weighted by molar-refractivity contribution is -0.160. The predicted octanol–water partition coefficient (Wildman–Crippen LogP) is 5.84. The molecule has 42 heavy (non-hydrogen) atoms. The number of hydrogen-bond acceptors (Lipinski definition) is 9. The zero-order chi connectivity index (χ0) is 29.6. The van der Waals surface area contributed by atoms with Gasteiger partial charge in [0.15, 0.2) is 6.10 Å². The van der Waals surface area contributed by atoms with Crippen LogP contribution in [0.1, 0.15) is 38.0 Å². The fraction of sp³-hybridized carbons (Fsp3) is 0.419. The maximum Gasteiger partial charge on any atom is 0.337 e. The lowest BCUT2D eigenvalue weighted by atomic mass is 9.91. The number of anilines is 1. The fourth-order valence-corrected chi connectivity index (χ4v) is 6.71. The van der Waals surface area contributed by atoms with E-state index in [0.717, 1.165) is 77.0 Å². The van der Waals surface area contributed by atoms with Crippen LogP contribution in [0.25, 0.3) is 32.0 Å². The van der Waals surface area contributed by atoms with Crippen molar-refractivity contribution >= 4 is 45.1 Å². The molecule has 0 bridgehead atoms. The Kier molecular flexibility index (Phi) is 7.93. The smallest absolute Gasteiger partial charge is 0.337 e. The molecule has 0 saturated carbocycles. The molecule has 1 atom stereocenters. The Morgan fingerprint density at radius 2 is 1.83 bits per heavy atom. The van der Waals surface area contributed by atoms with Gasteiger partial charge in [0.05, 0.1) is 35.1 Å². The number of carboxylic acid groups (broad SMARTS) is 1. The average Bonchev–Trinajstić information content (AvgIpc) is 3.34. The molecule has 9 nitrogen and oxygen atoms in total. The Balaban J connectivity index is 1.41. The van der Waals surface area contributed by atoms with Crippen LogP contribution in [0.15, 0.2) is 42.6 Å². The molecule has 2 saturated heterocycles. The highest BCUT2D eigenvalue weighted by atomic mass is 35.5. The lowest BCUT2D eigenvalue weighted by Gasteiger charge is -2.42. The molecule has 2 aromatic heterocycles. The molecule has 1 unspecified atom stereocenters. The topological polar surface area (TPSA) is 101 Å². The van der Waals surface area contributed by atoms with Crippen LogP contribution in [-0.2, 0) is 14.3 Å². The van der Waals surface area contributed by atoms with Gasteiger partial charge in [-0.3, -0.25) is 4.90 Å². The number of aromatic nitrogens is 3. The number of halogens is 1. The molecular formula is C31H34ClN5O4S. The summed E-state index contributed by atoms with van der Waals surface area (Å²) in [6.45, 7) is 12.7. The number of fused-ring (bicyclic) bond motifs is 1. The first-order valence-corrected chi connectivity index (χ1v) is 15.3. The highest BCUT2D eigenvalue weighted by molar-refractivity contribution is 7.22. The van der Waals surface area contributed by atoms with E-state index in [1.165, 1.54) is 11.3 Å². The van der Waals surface area contributed by atoms with Crippen LogP contribution in [0.2, 0.25) is 5.02 Å². The van der Waals surface area contributed by atoms with Gasteiger partial charge in [-0.2, -0.15) is 0 Å². The molecule has 0 aliphatic carbocycles. The second kappa shape index (κ2) is 11.5. The monoisotopic (exact) mass is 607 g/mol. The molecule has 2 fully saturated rings. The Bertz CT molecular complexity index is 1610. The van der Waals surface area contributed by atoms with Gasteiger partial charge < -0.3 is 19.5 Å². The van der Waals surface area contributed by atoms with Gasteiger partial charge >= 0.3 is 5.97 Å². The second-order valence-electron chi connectivity index (χ2n) is 11.8. The average molecular weight is 608 g/mol. The van der Waals surface area contributed by atoms with Gasteiger partial charge in [0, 0.05) is 48.5 Å². The van der Waals surface area contributed by atoms with Crippen molar-refractivity contribution in [1.82, 2.24) is 19.9 Å². The van der Waals surface area contributed by atoms with E-state index < -0.39 is 17.7 Å². The molecule has 2 aromatic carbocycles. The lowest BCUT2D eigenvalue weighted by Crippen LogP contribution is -2.56. The van der Waals surface area contributed by atoms with Gasteiger partial charge in [-0.15, -0.1) is 11.3 Å². The van der Waals surface area contributed by atoms with Crippen LogP contribution in [0.4, 0.5) is 5.95 Å². The molecule has 0 spiro atoms. The normalized spacial score (nSPS) is 17.4. The highest BCUT2D eigenvalue weighted by Gasteiger charge is 2.33. The minimum atomic E-state index is -1.17. The summed E-state index contributed by atoms with van der Waals surface area (Å²) in [7, 11) is 0. The molecular weight excluding hydrogens is 574 g/mol. The number of nitrogens with zero attached hydrogens (tertiary/aromatic N) is 5. The van der Waals surface area contributed by atoms with Crippen molar-refractivity contribution in [3.05, 3.63) is 58.7 Å². The minimum absolute atomic E-state index is 0.528. The predicted molar refractivity (Wildman–Crippen MR) is 165 cm³/mol.